The maximum atomic E-state index is 11.6. The molecule has 0 saturated carbocycles. The van der Waals surface area contributed by atoms with Gasteiger partial charge in [-0.25, -0.2) is 4.79 Å². The van der Waals surface area contributed by atoms with Crippen molar-refractivity contribution in [3.8, 4) is 0 Å². The number of nitrogens with one attached hydrogen (secondary N) is 2. The minimum Gasteiger partial charge on any atom is -0.481 e. The molecular formula is C12H22N2O3S2. The van der Waals surface area contributed by atoms with Crippen LogP contribution < -0.4 is 10.6 Å². The van der Waals surface area contributed by atoms with Gasteiger partial charge in [0, 0.05) is 35.6 Å². The van der Waals surface area contributed by atoms with Crippen LogP contribution in [0.3, 0.4) is 0 Å². The van der Waals surface area contributed by atoms with Crippen LogP contribution in [0.5, 0.6) is 0 Å². The van der Waals surface area contributed by atoms with E-state index in [4.69, 9.17) is 5.11 Å². The maximum absolute atomic E-state index is 11.6. The molecule has 2 unspecified atom stereocenters. The van der Waals surface area contributed by atoms with Crippen LogP contribution in [0.15, 0.2) is 0 Å². The Morgan fingerprint density at radius 3 is 2.74 bits per heavy atom. The zero-order valence-electron chi connectivity index (χ0n) is 11.2. The van der Waals surface area contributed by atoms with Gasteiger partial charge in [-0.3, -0.25) is 4.79 Å². The summed E-state index contributed by atoms with van der Waals surface area (Å²) in [5, 5.41) is 14.9. The summed E-state index contributed by atoms with van der Waals surface area (Å²) in [6, 6.07) is -0.265. The Morgan fingerprint density at radius 1 is 1.37 bits per heavy atom. The van der Waals surface area contributed by atoms with Crippen molar-refractivity contribution >= 4 is 35.5 Å². The summed E-state index contributed by atoms with van der Waals surface area (Å²) in [7, 11) is 0. The van der Waals surface area contributed by atoms with Gasteiger partial charge in [0.05, 0.1) is 5.92 Å². The van der Waals surface area contributed by atoms with E-state index in [1.54, 1.807) is 0 Å². The van der Waals surface area contributed by atoms with Crippen molar-refractivity contribution in [2.24, 2.45) is 5.92 Å². The SMILES string of the molecule is CCCC(CNC(=O)NCC1CSCCS1)C(=O)O. The summed E-state index contributed by atoms with van der Waals surface area (Å²) in [5.74, 6) is 2.05. The second-order valence-electron chi connectivity index (χ2n) is 4.48. The Kier molecular flexibility index (Phi) is 8.13. The first kappa shape index (κ1) is 16.5. The largest absolute Gasteiger partial charge is 0.481 e. The number of carbonyl (C=O) groups is 2. The molecule has 110 valence electrons. The molecule has 3 N–H and O–H groups in total. The van der Waals surface area contributed by atoms with Gasteiger partial charge in [-0.1, -0.05) is 13.3 Å². The molecular weight excluding hydrogens is 284 g/mol. The van der Waals surface area contributed by atoms with E-state index in [1.807, 2.05) is 30.4 Å². The molecule has 0 aromatic carbocycles. The van der Waals surface area contributed by atoms with E-state index in [-0.39, 0.29) is 12.6 Å². The van der Waals surface area contributed by atoms with Gasteiger partial charge in [0.1, 0.15) is 0 Å². The molecule has 2 atom stereocenters. The molecule has 1 saturated heterocycles. The monoisotopic (exact) mass is 306 g/mol. The van der Waals surface area contributed by atoms with Gasteiger partial charge < -0.3 is 15.7 Å². The lowest BCUT2D eigenvalue weighted by atomic mass is 10.0. The molecule has 19 heavy (non-hydrogen) atoms. The van der Waals surface area contributed by atoms with Crippen LogP contribution in [-0.2, 0) is 4.79 Å². The first-order chi connectivity index (χ1) is 9.13. The number of aliphatic carboxylic acids is 1. The summed E-state index contributed by atoms with van der Waals surface area (Å²) < 4.78 is 0. The molecule has 0 radical (unpaired) electrons. The van der Waals surface area contributed by atoms with E-state index >= 15 is 0 Å². The zero-order valence-corrected chi connectivity index (χ0v) is 12.8. The Balaban J connectivity index is 2.17. The van der Waals surface area contributed by atoms with E-state index in [1.165, 1.54) is 5.75 Å². The second-order valence-corrected chi connectivity index (χ2v) is 7.04. The molecule has 1 aliphatic rings. The molecule has 0 bridgehead atoms. The van der Waals surface area contributed by atoms with Crippen LogP contribution in [0.2, 0.25) is 0 Å². The third kappa shape index (κ3) is 6.96. The average molecular weight is 306 g/mol. The van der Waals surface area contributed by atoms with Crippen LogP contribution >= 0.6 is 23.5 Å². The maximum Gasteiger partial charge on any atom is 0.314 e. The number of rotatable bonds is 7. The first-order valence-corrected chi connectivity index (χ1v) is 8.77. The van der Waals surface area contributed by atoms with Gasteiger partial charge in [0.2, 0.25) is 0 Å². The Morgan fingerprint density at radius 2 is 2.16 bits per heavy atom. The van der Waals surface area contributed by atoms with E-state index in [0.717, 1.165) is 17.9 Å². The van der Waals surface area contributed by atoms with Crippen molar-refractivity contribution in [3.63, 3.8) is 0 Å². The van der Waals surface area contributed by atoms with Gasteiger partial charge in [-0.2, -0.15) is 23.5 Å². The van der Waals surface area contributed by atoms with Crippen molar-refractivity contribution in [2.45, 2.75) is 25.0 Å². The average Bonchev–Trinajstić information content (AvgIpc) is 2.42. The number of thioether (sulfide) groups is 2. The third-order valence-electron chi connectivity index (χ3n) is 2.87. The summed E-state index contributed by atoms with van der Waals surface area (Å²) in [5.41, 5.74) is 0. The number of carbonyl (C=O) groups excluding carboxylic acids is 1. The minimum absolute atomic E-state index is 0.196. The quantitative estimate of drug-likeness (QED) is 0.666. The summed E-state index contributed by atoms with van der Waals surface area (Å²) >= 11 is 3.80. The van der Waals surface area contributed by atoms with E-state index in [2.05, 4.69) is 10.6 Å². The Bertz CT molecular complexity index is 297. The van der Waals surface area contributed by atoms with Gasteiger partial charge in [-0.15, -0.1) is 0 Å². The summed E-state index contributed by atoms with van der Waals surface area (Å²) in [6.45, 7) is 2.78. The van der Waals surface area contributed by atoms with E-state index in [0.29, 0.717) is 18.2 Å². The third-order valence-corrected chi connectivity index (χ3v) is 5.72. The highest BCUT2D eigenvalue weighted by atomic mass is 32.2. The second kappa shape index (κ2) is 9.36. The van der Waals surface area contributed by atoms with Crippen LogP contribution in [0.1, 0.15) is 19.8 Å². The standard InChI is InChI=1S/C12H22N2O3S2/c1-2-3-9(11(15)16)6-13-12(17)14-7-10-8-18-4-5-19-10/h9-10H,2-8H2,1H3,(H,15,16)(H2,13,14,17). The number of hydrogen-bond donors (Lipinski definition) is 3. The fourth-order valence-corrected chi connectivity index (χ4v) is 4.41. The van der Waals surface area contributed by atoms with Crippen LogP contribution in [0, 0.1) is 5.92 Å². The van der Waals surface area contributed by atoms with Gasteiger partial charge in [-0.05, 0) is 6.42 Å². The molecule has 7 heteroatoms. The lowest BCUT2D eigenvalue weighted by Gasteiger charge is -2.21. The number of hydrogen-bond acceptors (Lipinski definition) is 4. The lowest BCUT2D eigenvalue weighted by molar-refractivity contribution is -0.141. The molecule has 2 amide bonds. The molecule has 0 aromatic heterocycles. The molecule has 5 nitrogen and oxygen atoms in total. The Hall–Kier alpha value is -0.560. The van der Waals surface area contributed by atoms with Gasteiger partial charge in [0.15, 0.2) is 0 Å². The van der Waals surface area contributed by atoms with Gasteiger partial charge in [0.25, 0.3) is 0 Å². The molecule has 1 rings (SSSR count). The van der Waals surface area contributed by atoms with Crippen molar-refractivity contribution in [1.82, 2.24) is 10.6 Å². The van der Waals surface area contributed by atoms with Crippen LogP contribution in [-0.4, -0.2) is 52.7 Å². The fourth-order valence-electron chi connectivity index (χ4n) is 1.80. The van der Waals surface area contributed by atoms with Crippen LogP contribution in [0.4, 0.5) is 4.79 Å². The van der Waals surface area contributed by atoms with Gasteiger partial charge >= 0.3 is 12.0 Å². The summed E-state index contributed by atoms with van der Waals surface area (Å²) in [6.07, 6.45) is 1.39. The molecule has 0 aliphatic carbocycles. The van der Waals surface area contributed by atoms with E-state index in [9.17, 15) is 9.59 Å². The minimum atomic E-state index is -0.846. The number of urea groups is 1. The van der Waals surface area contributed by atoms with E-state index < -0.39 is 11.9 Å². The normalized spacial score (nSPS) is 20.6. The van der Waals surface area contributed by atoms with Crippen molar-refractivity contribution in [3.05, 3.63) is 0 Å². The highest BCUT2D eigenvalue weighted by Gasteiger charge is 2.18. The van der Waals surface area contributed by atoms with Crippen LogP contribution in [0.25, 0.3) is 0 Å². The smallest absolute Gasteiger partial charge is 0.314 e. The molecule has 1 fully saturated rings. The summed E-state index contributed by atoms with van der Waals surface area (Å²) in [4.78, 5) is 22.5. The number of carboxylic acids is 1. The lowest BCUT2D eigenvalue weighted by Crippen LogP contribution is -2.43. The highest BCUT2D eigenvalue weighted by molar-refractivity contribution is 8.06. The highest BCUT2D eigenvalue weighted by Crippen LogP contribution is 2.23. The topological polar surface area (TPSA) is 78.4 Å². The zero-order chi connectivity index (χ0) is 14.1. The molecule has 0 aromatic rings. The predicted octanol–water partition coefficient (Wildman–Crippen LogP) is 1.64. The predicted molar refractivity (Wildman–Crippen MR) is 81.0 cm³/mol. The number of carboxylic acid groups (broad SMARTS) is 1. The van der Waals surface area contributed by atoms with Crippen molar-refractivity contribution < 1.29 is 14.7 Å². The molecule has 1 aliphatic heterocycles. The number of amides is 2. The van der Waals surface area contributed by atoms with Crippen molar-refractivity contribution in [1.29, 1.82) is 0 Å². The molecule has 1 heterocycles. The first-order valence-electron chi connectivity index (χ1n) is 6.57. The fraction of sp³-hybridized carbons (Fsp3) is 0.833. The van der Waals surface area contributed by atoms with Crippen molar-refractivity contribution in [2.75, 3.05) is 30.3 Å². The molecule has 0 spiro atoms. The Labute approximate surface area is 122 Å².